The summed E-state index contributed by atoms with van der Waals surface area (Å²) in [5, 5.41) is 8.63. The number of halogens is 2. The van der Waals surface area contributed by atoms with Gasteiger partial charge in [0.15, 0.2) is 0 Å². The van der Waals surface area contributed by atoms with E-state index in [1.54, 1.807) is 6.07 Å². The number of nitrogens with two attached hydrogens (primary N) is 1. The largest absolute Gasteiger partial charge is 0.495 e. The molecule has 0 aliphatic rings. The molecule has 0 saturated heterocycles. The van der Waals surface area contributed by atoms with Crippen LogP contribution in [0.3, 0.4) is 0 Å². The number of alkyl halides is 2. The van der Waals surface area contributed by atoms with Gasteiger partial charge in [-0.05, 0) is 0 Å². The van der Waals surface area contributed by atoms with Gasteiger partial charge >= 0.3 is 0 Å². The average Bonchev–Trinajstić information content (AvgIpc) is 2.16. The fourth-order valence-electron chi connectivity index (χ4n) is 0.991. The summed E-state index contributed by atoms with van der Waals surface area (Å²) in [7, 11) is 1.27. The van der Waals surface area contributed by atoms with Crippen LogP contribution in [0.4, 0.5) is 14.6 Å². The minimum Gasteiger partial charge on any atom is -0.495 e. The number of nitriles is 1. The first-order valence-corrected chi connectivity index (χ1v) is 3.62. The Labute approximate surface area is 78.9 Å². The maximum atomic E-state index is 12.4. The molecule has 0 aliphatic carbocycles. The van der Waals surface area contributed by atoms with Crippen LogP contribution >= 0.6 is 0 Å². The van der Waals surface area contributed by atoms with Crippen LogP contribution < -0.4 is 10.5 Å². The van der Waals surface area contributed by atoms with Gasteiger partial charge in [0.1, 0.15) is 28.9 Å². The Morgan fingerprint density at radius 2 is 2.29 bits per heavy atom. The van der Waals surface area contributed by atoms with Gasteiger partial charge in [0, 0.05) is 6.07 Å². The second-order valence-corrected chi connectivity index (χ2v) is 2.42. The van der Waals surface area contributed by atoms with Gasteiger partial charge < -0.3 is 10.5 Å². The van der Waals surface area contributed by atoms with E-state index in [9.17, 15) is 8.78 Å². The first-order chi connectivity index (χ1) is 6.60. The lowest BCUT2D eigenvalue weighted by Crippen LogP contribution is -2.02. The van der Waals surface area contributed by atoms with E-state index < -0.39 is 12.1 Å². The van der Waals surface area contributed by atoms with E-state index in [-0.39, 0.29) is 17.1 Å². The van der Waals surface area contributed by atoms with Crippen molar-refractivity contribution in [2.75, 3.05) is 12.8 Å². The summed E-state index contributed by atoms with van der Waals surface area (Å²) in [5.41, 5.74) is 4.33. The van der Waals surface area contributed by atoms with Crippen LogP contribution in [0.5, 0.6) is 5.75 Å². The Morgan fingerprint density at radius 3 is 2.71 bits per heavy atom. The van der Waals surface area contributed by atoms with E-state index >= 15 is 0 Å². The maximum Gasteiger partial charge on any atom is 0.281 e. The van der Waals surface area contributed by atoms with Gasteiger partial charge in [-0.3, -0.25) is 0 Å². The molecule has 0 aliphatic heterocycles. The fraction of sp³-hybridized carbons (Fsp3) is 0.250. The number of pyridine rings is 1. The molecule has 74 valence electrons. The Balaban J connectivity index is 3.41. The van der Waals surface area contributed by atoms with Crippen molar-refractivity contribution in [1.82, 2.24) is 4.98 Å². The van der Waals surface area contributed by atoms with Gasteiger partial charge in [0.25, 0.3) is 6.43 Å². The lowest BCUT2D eigenvalue weighted by Gasteiger charge is -2.07. The van der Waals surface area contributed by atoms with Crippen LogP contribution in [-0.4, -0.2) is 12.1 Å². The highest BCUT2D eigenvalue weighted by Crippen LogP contribution is 2.28. The highest BCUT2D eigenvalue weighted by atomic mass is 19.3. The van der Waals surface area contributed by atoms with E-state index in [4.69, 9.17) is 15.7 Å². The quantitative estimate of drug-likeness (QED) is 0.782. The van der Waals surface area contributed by atoms with Crippen molar-refractivity contribution in [3.8, 4) is 11.8 Å². The molecule has 0 atom stereocenters. The second-order valence-electron chi connectivity index (χ2n) is 2.42. The van der Waals surface area contributed by atoms with E-state index in [1.807, 2.05) is 0 Å². The van der Waals surface area contributed by atoms with Crippen molar-refractivity contribution in [2.45, 2.75) is 6.43 Å². The molecule has 4 nitrogen and oxygen atoms in total. The molecule has 1 rings (SSSR count). The van der Waals surface area contributed by atoms with Crippen LogP contribution in [0.15, 0.2) is 6.07 Å². The Morgan fingerprint density at radius 1 is 1.64 bits per heavy atom. The summed E-state index contributed by atoms with van der Waals surface area (Å²) in [6.45, 7) is 0. The van der Waals surface area contributed by atoms with E-state index in [2.05, 4.69) is 4.98 Å². The van der Waals surface area contributed by atoms with Crippen molar-refractivity contribution in [1.29, 1.82) is 5.26 Å². The molecule has 1 heterocycles. The Bertz CT molecular complexity index is 387. The van der Waals surface area contributed by atoms with Crippen molar-refractivity contribution < 1.29 is 13.5 Å². The molecule has 0 fully saturated rings. The minimum absolute atomic E-state index is 0.00954. The van der Waals surface area contributed by atoms with Gasteiger partial charge in [-0.1, -0.05) is 0 Å². The average molecular weight is 199 g/mol. The van der Waals surface area contributed by atoms with Crippen LogP contribution in [0.2, 0.25) is 0 Å². The topological polar surface area (TPSA) is 71.9 Å². The SMILES string of the molecule is COc1cc(N)nc(C(F)F)c1C#N. The third kappa shape index (κ3) is 1.71. The zero-order valence-corrected chi connectivity index (χ0v) is 7.29. The molecule has 0 saturated carbocycles. The summed E-state index contributed by atoms with van der Waals surface area (Å²) in [4.78, 5) is 3.38. The monoisotopic (exact) mass is 199 g/mol. The van der Waals surface area contributed by atoms with Gasteiger partial charge in [-0.15, -0.1) is 0 Å². The van der Waals surface area contributed by atoms with E-state index in [0.717, 1.165) is 0 Å². The molecule has 14 heavy (non-hydrogen) atoms. The molecule has 2 N–H and O–H groups in total. The third-order valence-electron chi connectivity index (χ3n) is 1.57. The van der Waals surface area contributed by atoms with Crippen molar-refractivity contribution in [2.24, 2.45) is 0 Å². The summed E-state index contributed by atoms with van der Waals surface area (Å²) >= 11 is 0. The van der Waals surface area contributed by atoms with Gasteiger partial charge in [-0.2, -0.15) is 5.26 Å². The zero-order valence-electron chi connectivity index (χ0n) is 7.29. The molecule has 0 radical (unpaired) electrons. The number of nitrogen functional groups attached to an aromatic ring is 1. The zero-order chi connectivity index (χ0) is 10.7. The number of ether oxygens (including phenoxy) is 1. The van der Waals surface area contributed by atoms with E-state index in [0.29, 0.717) is 0 Å². The number of nitrogens with zero attached hydrogens (tertiary/aromatic N) is 2. The standard InChI is InChI=1S/C8H7F2N3O/c1-14-5-2-6(12)13-7(8(9)10)4(5)3-11/h2,8H,1H3,(H2,12,13). The number of rotatable bonds is 2. The van der Waals surface area contributed by atoms with Crippen molar-refractivity contribution >= 4 is 5.82 Å². The normalized spacial score (nSPS) is 9.93. The number of anilines is 1. The molecular weight excluding hydrogens is 192 g/mol. The summed E-state index contributed by atoms with van der Waals surface area (Å²) in [6, 6.07) is 2.83. The first kappa shape index (κ1) is 10.2. The molecule has 1 aromatic rings. The summed E-state index contributed by atoms with van der Waals surface area (Å²) in [6.07, 6.45) is -2.85. The predicted octanol–water partition coefficient (Wildman–Crippen LogP) is 1.48. The number of hydrogen-bond acceptors (Lipinski definition) is 4. The molecule has 6 heteroatoms. The third-order valence-corrected chi connectivity index (χ3v) is 1.57. The summed E-state index contributed by atoms with van der Waals surface area (Å²) in [5.74, 6) is -0.0912. The van der Waals surface area contributed by atoms with Crippen LogP contribution in [-0.2, 0) is 0 Å². The highest BCUT2D eigenvalue weighted by molar-refractivity contribution is 5.52. The first-order valence-electron chi connectivity index (χ1n) is 3.62. The lowest BCUT2D eigenvalue weighted by molar-refractivity contribution is 0.145. The van der Waals surface area contributed by atoms with Gasteiger partial charge in [0.2, 0.25) is 0 Å². The molecule has 0 amide bonds. The predicted molar refractivity (Wildman–Crippen MR) is 44.9 cm³/mol. The minimum atomic E-state index is -2.85. The Kier molecular flexibility index (Phi) is 2.82. The molecule has 0 bridgehead atoms. The Hall–Kier alpha value is -1.90. The summed E-state index contributed by atoms with van der Waals surface area (Å²) < 4.78 is 29.5. The van der Waals surface area contributed by atoms with E-state index in [1.165, 1.54) is 13.2 Å². The van der Waals surface area contributed by atoms with Crippen LogP contribution in [0.25, 0.3) is 0 Å². The maximum absolute atomic E-state index is 12.4. The number of methoxy groups -OCH3 is 1. The molecule has 1 aromatic heterocycles. The molecule has 0 aromatic carbocycles. The smallest absolute Gasteiger partial charge is 0.281 e. The highest BCUT2D eigenvalue weighted by Gasteiger charge is 2.19. The second kappa shape index (κ2) is 3.87. The van der Waals surface area contributed by atoms with Gasteiger partial charge in [-0.25, -0.2) is 13.8 Å². The van der Waals surface area contributed by atoms with Gasteiger partial charge in [0.05, 0.1) is 7.11 Å². The molecular formula is C8H7F2N3O. The van der Waals surface area contributed by atoms with Crippen molar-refractivity contribution in [3.63, 3.8) is 0 Å². The van der Waals surface area contributed by atoms with Crippen LogP contribution in [0, 0.1) is 11.3 Å². The lowest BCUT2D eigenvalue weighted by atomic mass is 10.2. The number of hydrogen-bond donors (Lipinski definition) is 1. The molecule has 0 spiro atoms. The fourth-order valence-corrected chi connectivity index (χ4v) is 0.991. The van der Waals surface area contributed by atoms with Crippen molar-refractivity contribution in [3.05, 3.63) is 17.3 Å². The van der Waals surface area contributed by atoms with Crippen LogP contribution in [0.1, 0.15) is 17.7 Å². The molecule has 0 unspecified atom stereocenters. The number of aromatic nitrogens is 1.